The number of guanidine groups is 1. The fraction of sp³-hybridized carbons (Fsp3) is 0.385. The molecule has 0 bridgehead atoms. The van der Waals surface area contributed by atoms with Crippen LogP contribution in [0.1, 0.15) is 21.5 Å². The van der Waals surface area contributed by atoms with Crippen LogP contribution in [0, 0.1) is 6.92 Å². The minimum Gasteiger partial charge on any atom is -0.370 e. The number of rotatable bonds is 1. The first-order valence-electron chi connectivity index (χ1n) is 6.55. The lowest BCUT2D eigenvalue weighted by Gasteiger charge is -2.21. The van der Waals surface area contributed by atoms with Gasteiger partial charge in [-0.2, -0.15) is 4.99 Å². The van der Waals surface area contributed by atoms with Crippen molar-refractivity contribution >= 4 is 21.7 Å². The quantitative estimate of drug-likeness (QED) is 0.520. The van der Waals surface area contributed by atoms with Crippen molar-refractivity contribution in [1.82, 2.24) is 0 Å². The summed E-state index contributed by atoms with van der Waals surface area (Å²) in [5.41, 5.74) is 11.5. The Kier molecular flexibility index (Phi) is 3.24. The second-order valence-corrected chi connectivity index (χ2v) is 7.17. The normalized spacial score (nSPS) is 20.8. The summed E-state index contributed by atoms with van der Waals surface area (Å²) >= 11 is 0. The molecule has 118 valence electrons. The highest BCUT2D eigenvalue weighted by molar-refractivity contribution is 7.91. The zero-order chi connectivity index (χ0) is 16.1. The Bertz CT molecular complexity index is 790. The number of fused-ring (bicyclic) bond motifs is 2. The molecule has 0 unspecified atom stereocenters. The molecule has 1 aromatic carbocycles. The van der Waals surface area contributed by atoms with E-state index in [0.717, 1.165) is 0 Å². The number of hydrogen-bond acceptors (Lipinski definition) is 5. The van der Waals surface area contributed by atoms with Gasteiger partial charge in [-0.1, -0.05) is 0 Å². The van der Waals surface area contributed by atoms with Gasteiger partial charge in [-0.25, -0.2) is 8.42 Å². The number of carbonyl (C=O) groups excluding carboxylic acids is 1. The molecule has 0 saturated carbocycles. The van der Waals surface area contributed by atoms with Gasteiger partial charge in [0.15, 0.2) is 15.8 Å². The zero-order valence-electron chi connectivity index (χ0n) is 11.8. The molecule has 1 saturated heterocycles. The smallest absolute Gasteiger partial charge is 0.280 e. The minimum atomic E-state index is -3.61. The van der Waals surface area contributed by atoms with Gasteiger partial charge in [0, 0.05) is 11.1 Å². The van der Waals surface area contributed by atoms with Crippen molar-refractivity contribution in [3.63, 3.8) is 0 Å². The maximum atomic E-state index is 12.4. The molecule has 2 heterocycles. The summed E-state index contributed by atoms with van der Waals surface area (Å²) < 4.78 is 35.8. The fourth-order valence-corrected chi connectivity index (χ4v) is 4.58. The van der Waals surface area contributed by atoms with Crippen molar-refractivity contribution in [3.8, 4) is 0 Å². The Labute approximate surface area is 127 Å². The molecule has 1 amide bonds. The van der Waals surface area contributed by atoms with Crippen molar-refractivity contribution in [2.24, 2.45) is 16.5 Å². The molecule has 2 aliphatic rings. The predicted molar refractivity (Wildman–Crippen MR) is 77.0 cm³/mol. The van der Waals surface area contributed by atoms with Crippen LogP contribution >= 0.6 is 0 Å². The number of ether oxygens (including phenoxy) is 2. The number of nitrogens with two attached hydrogens (primary N) is 2. The third-order valence-corrected chi connectivity index (χ3v) is 5.43. The number of aryl methyl sites for hydroxylation is 1. The van der Waals surface area contributed by atoms with E-state index in [-0.39, 0.29) is 22.2 Å². The number of hydrogen-bond donors (Lipinski definition) is 2. The van der Waals surface area contributed by atoms with Gasteiger partial charge in [0.2, 0.25) is 5.79 Å². The standard InChI is InChI=1S/C13H15N3O5S/c1-7-4-9-10(5-8(7)11(17)16-12(14)15)22(18,19)6-13(9)20-2-3-21-13/h4-5H,2-3,6H2,1H3,(H4,14,15,16,17). The summed E-state index contributed by atoms with van der Waals surface area (Å²) in [4.78, 5) is 15.5. The molecule has 22 heavy (non-hydrogen) atoms. The van der Waals surface area contributed by atoms with E-state index in [9.17, 15) is 13.2 Å². The molecule has 3 rings (SSSR count). The number of aliphatic imine (C=N–C) groups is 1. The average Bonchev–Trinajstić information content (AvgIpc) is 2.93. The molecule has 0 radical (unpaired) electrons. The molecule has 0 atom stereocenters. The van der Waals surface area contributed by atoms with Crippen LogP contribution in [-0.2, 0) is 25.1 Å². The monoisotopic (exact) mass is 325 g/mol. The van der Waals surface area contributed by atoms with Crippen LogP contribution in [0.5, 0.6) is 0 Å². The molecular formula is C13H15N3O5S. The Hall–Kier alpha value is -1.97. The fourth-order valence-electron chi connectivity index (χ4n) is 2.75. The molecule has 0 aromatic heterocycles. The minimum absolute atomic E-state index is 0.0224. The summed E-state index contributed by atoms with van der Waals surface area (Å²) in [6.07, 6.45) is 0. The van der Waals surface area contributed by atoms with Crippen molar-refractivity contribution in [3.05, 3.63) is 28.8 Å². The lowest BCUT2D eigenvalue weighted by atomic mass is 10.00. The molecular weight excluding hydrogens is 310 g/mol. The van der Waals surface area contributed by atoms with Gasteiger partial charge in [-0.05, 0) is 24.6 Å². The van der Waals surface area contributed by atoms with Crippen LogP contribution in [0.4, 0.5) is 0 Å². The molecule has 9 heteroatoms. The summed E-state index contributed by atoms with van der Waals surface area (Å²) in [5, 5.41) is 0. The van der Waals surface area contributed by atoms with E-state index in [1.54, 1.807) is 13.0 Å². The predicted octanol–water partition coefficient (Wildman–Crippen LogP) is -0.604. The van der Waals surface area contributed by atoms with Crippen LogP contribution in [0.2, 0.25) is 0 Å². The van der Waals surface area contributed by atoms with Gasteiger partial charge >= 0.3 is 0 Å². The maximum Gasteiger partial charge on any atom is 0.280 e. The largest absolute Gasteiger partial charge is 0.370 e. The third-order valence-electron chi connectivity index (χ3n) is 3.67. The zero-order valence-corrected chi connectivity index (χ0v) is 12.6. The second-order valence-electron chi connectivity index (χ2n) is 5.21. The van der Waals surface area contributed by atoms with E-state index in [1.807, 2.05) is 0 Å². The van der Waals surface area contributed by atoms with E-state index < -0.39 is 21.5 Å². The lowest BCUT2D eigenvalue weighted by Crippen LogP contribution is -2.29. The highest BCUT2D eigenvalue weighted by Gasteiger charge is 2.52. The van der Waals surface area contributed by atoms with Gasteiger partial charge in [-0.15, -0.1) is 0 Å². The van der Waals surface area contributed by atoms with E-state index in [4.69, 9.17) is 20.9 Å². The summed E-state index contributed by atoms with van der Waals surface area (Å²) in [6, 6.07) is 2.87. The number of benzene rings is 1. The van der Waals surface area contributed by atoms with Crippen LogP contribution in [0.3, 0.4) is 0 Å². The Morgan fingerprint density at radius 3 is 2.50 bits per heavy atom. The van der Waals surface area contributed by atoms with Crippen LogP contribution < -0.4 is 11.5 Å². The molecule has 4 N–H and O–H groups in total. The van der Waals surface area contributed by atoms with Crippen LogP contribution in [0.15, 0.2) is 22.0 Å². The molecule has 1 fully saturated rings. The van der Waals surface area contributed by atoms with E-state index in [1.165, 1.54) is 6.07 Å². The number of amides is 1. The molecule has 8 nitrogen and oxygen atoms in total. The van der Waals surface area contributed by atoms with Gasteiger partial charge in [0.1, 0.15) is 5.75 Å². The van der Waals surface area contributed by atoms with Crippen LogP contribution in [-0.4, -0.2) is 39.3 Å². The van der Waals surface area contributed by atoms with Crippen molar-refractivity contribution in [2.45, 2.75) is 17.6 Å². The topological polar surface area (TPSA) is 134 Å². The Morgan fingerprint density at radius 1 is 1.27 bits per heavy atom. The first kappa shape index (κ1) is 14.9. The number of nitrogens with zero attached hydrogens (tertiary/aromatic N) is 1. The SMILES string of the molecule is Cc1cc2c(cc1C(=O)N=C(N)N)S(=O)(=O)CC21OCCO1. The van der Waals surface area contributed by atoms with Gasteiger partial charge < -0.3 is 20.9 Å². The molecule has 0 aliphatic carbocycles. The summed E-state index contributed by atoms with van der Waals surface area (Å²) in [5.74, 6) is -2.64. The van der Waals surface area contributed by atoms with E-state index in [2.05, 4.69) is 4.99 Å². The summed E-state index contributed by atoms with van der Waals surface area (Å²) in [6.45, 7) is 2.31. The number of sulfone groups is 1. The molecule has 1 aromatic rings. The molecule has 2 aliphatic heterocycles. The van der Waals surface area contributed by atoms with Crippen molar-refractivity contribution in [1.29, 1.82) is 0 Å². The van der Waals surface area contributed by atoms with Gasteiger partial charge in [-0.3, -0.25) is 4.79 Å². The highest BCUT2D eigenvalue weighted by Crippen LogP contribution is 2.44. The Morgan fingerprint density at radius 2 is 1.91 bits per heavy atom. The van der Waals surface area contributed by atoms with Crippen molar-refractivity contribution in [2.75, 3.05) is 19.0 Å². The molecule has 1 spiro atoms. The number of carbonyl (C=O) groups is 1. The average molecular weight is 325 g/mol. The van der Waals surface area contributed by atoms with E-state index in [0.29, 0.717) is 24.3 Å². The lowest BCUT2D eigenvalue weighted by molar-refractivity contribution is -0.145. The van der Waals surface area contributed by atoms with E-state index >= 15 is 0 Å². The maximum absolute atomic E-state index is 12.4. The first-order chi connectivity index (χ1) is 10.3. The third kappa shape index (κ3) is 2.18. The van der Waals surface area contributed by atoms with Crippen molar-refractivity contribution < 1.29 is 22.7 Å². The van der Waals surface area contributed by atoms with Gasteiger partial charge in [0.25, 0.3) is 5.91 Å². The van der Waals surface area contributed by atoms with Crippen LogP contribution in [0.25, 0.3) is 0 Å². The summed E-state index contributed by atoms with van der Waals surface area (Å²) in [7, 11) is -3.61. The first-order valence-corrected chi connectivity index (χ1v) is 8.20. The second kappa shape index (κ2) is 4.77. The highest BCUT2D eigenvalue weighted by atomic mass is 32.2. The Balaban J connectivity index is 2.19. The van der Waals surface area contributed by atoms with Gasteiger partial charge in [0.05, 0.1) is 18.1 Å².